The Hall–Kier alpha value is -1.53. The molecule has 1 rings (SSSR count). The predicted molar refractivity (Wildman–Crippen MR) is 52.2 cm³/mol. The van der Waals surface area contributed by atoms with Crippen molar-refractivity contribution >= 4 is 17.6 Å². The molecule has 72 valence electrons. The molecule has 3 nitrogen and oxygen atoms in total. The minimum atomic E-state index is -0.936. The number of hydrogen-bond acceptors (Lipinski definition) is 2. The molecular formula is C10H8ClNO2. The first-order valence-electron chi connectivity index (χ1n) is 3.95. The van der Waals surface area contributed by atoms with E-state index in [-0.39, 0.29) is 6.42 Å². The van der Waals surface area contributed by atoms with Crippen molar-refractivity contribution in [2.75, 3.05) is 0 Å². The highest BCUT2D eigenvalue weighted by Crippen LogP contribution is 2.21. The van der Waals surface area contributed by atoms with Crippen molar-refractivity contribution in [1.82, 2.24) is 0 Å². The predicted octanol–water partition coefficient (Wildman–Crippen LogP) is 2.15. The van der Waals surface area contributed by atoms with Crippen molar-refractivity contribution in [2.45, 2.75) is 13.3 Å². The zero-order chi connectivity index (χ0) is 10.7. The van der Waals surface area contributed by atoms with Gasteiger partial charge in [0, 0.05) is 5.02 Å². The summed E-state index contributed by atoms with van der Waals surface area (Å²) < 4.78 is 0. The first kappa shape index (κ1) is 10.6. The molecule has 0 aliphatic heterocycles. The minimum absolute atomic E-state index is 0.116. The fourth-order valence-corrected chi connectivity index (χ4v) is 1.37. The molecule has 1 N–H and O–H groups in total. The Balaban J connectivity index is 3.18. The van der Waals surface area contributed by atoms with E-state index >= 15 is 0 Å². The Morgan fingerprint density at radius 1 is 1.64 bits per heavy atom. The highest BCUT2D eigenvalue weighted by molar-refractivity contribution is 6.31. The summed E-state index contributed by atoms with van der Waals surface area (Å²) in [5.74, 6) is -0.936. The first-order chi connectivity index (χ1) is 6.54. The number of nitrogens with zero attached hydrogens (tertiary/aromatic N) is 1. The average Bonchev–Trinajstić information content (AvgIpc) is 2.10. The highest BCUT2D eigenvalue weighted by atomic mass is 35.5. The summed E-state index contributed by atoms with van der Waals surface area (Å²) in [5, 5.41) is 17.7. The molecule has 0 saturated carbocycles. The maximum Gasteiger partial charge on any atom is 0.307 e. The Kier molecular flexibility index (Phi) is 3.10. The van der Waals surface area contributed by atoms with Gasteiger partial charge in [0.1, 0.15) is 0 Å². The SMILES string of the molecule is Cc1c(Cl)cc(CC(=O)O)cc1C#N. The van der Waals surface area contributed by atoms with Crippen LogP contribution in [-0.2, 0) is 11.2 Å². The van der Waals surface area contributed by atoms with E-state index in [2.05, 4.69) is 0 Å². The fourth-order valence-electron chi connectivity index (χ4n) is 1.13. The Bertz CT molecular complexity index is 421. The van der Waals surface area contributed by atoms with Crippen molar-refractivity contribution < 1.29 is 9.90 Å². The van der Waals surface area contributed by atoms with Gasteiger partial charge in [-0.1, -0.05) is 11.6 Å². The number of rotatable bonds is 2. The van der Waals surface area contributed by atoms with Crippen LogP contribution in [0.25, 0.3) is 0 Å². The van der Waals surface area contributed by atoms with Gasteiger partial charge < -0.3 is 5.11 Å². The molecule has 0 aliphatic rings. The van der Waals surface area contributed by atoms with E-state index in [0.29, 0.717) is 21.7 Å². The molecule has 0 aromatic heterocycles. The summed E-state index contributed by atoms with van der Waals surface area (Å²) >= 11 is 5.84. The number of aliphatic carboxylic acids is 1. The van der Waals surface area contributed by atoms with Gasteiger partial charge in [-0.25, -0.2) is 0 Å². The number of carboxylic acids is 1. The van der Waals surface area contributed by atoms with E-state index in [9.17, 15) is 4.79 Å². The summed E-state index contributed by atoms with van der Waals surface area (Å²) in [6.07, 6.45) is -0.116. The van der Waals surface area contributed by atoms with E-state index in [1.807, 2.05) is 6.07 Å². The molecule has 0 saturated heterocycles. The van der Waals surface area contributed by atoms with Crippen LogP contribution in [0.2, 0.25) is 5.02 Å². The monoisotopic (exact) mass is 209 g/mol. The van der Waals surface area contributed by atoms with E-state index in [4.69, 9.17) is 22.0 Å². The topological polar surface area (TPSA) is 61.1 Å². The lowest BCUT2D eigenvalue weighted by Gasteiger charge is -2.03. The second-order valence-electron chi connectivity index (χ2n) is 2.93. The van der Waals surface area contributed by atoms with Gasteiger partial charge in [-0.3, -0.25) is 4.79 Å². The number of hydrogen-bond donors (Lipinski definition) is 1. The summed E-state index contributed by atoms with van der Waals surface area (Å²) in [4.78, 5) is 10.4. The van der Waals surface area contributed by atoms with Gasteiger partial charge in [-0.05, 0) is 30.2 Å². The van der Waals surface area contributed by atoms with Crippen molar-refractivity contribution in [1.29, 1.82) is 5.26 Å². The lowest BCUT2D eigenvalue weighted by Crippen LogP contribution is -2.01. The van der Waals surface area contributed by atoms with Crippen LogP contribution in [0.1, 0.15) is 16.7 Å². The van der Waals surface area contributed by atoms with Gasteiger partial charge in [0.2, 0.25) is 0 Å². The molecule has 0 heterocycles. The molecular weight excluding hydrogens is 202 g/mol. The van der Waals surface area contributed by atoms with E-state index < -0.39 is 5.97 Å². The number of carbonyl (C=O) groups is 1. The minimum Gasteiger partial charge on any atom is -0.481 e. The number of halogens is 1. The Morgan fingerprint density at radius 2 is 2.29 bits per heavy atom. The van der Waals surface area contributed by atoms with Gasteiger partial charge in [0.15, 0.2) is 0 Å². The molecule has 4 heteroatoms. The quantitative estimate of drug-likeness (QED) is 0.812. The van der Waals surface area contributed by atoms with Gasteiger partial charge >= 0.3 is 5.97 Å². The lowest BCUT2D eigenvalue weighted by molar-refractivity contribution is -0.136. The largest absolute Gasteiger partial charge is 0.481 e. The highest BCUT2D eigenvalue weighted by Gasteiger charge is 2.07. The van der Waals surface area contributed by atoms with Crippen molar-refractivity contribution in [2.24, 2.45) is 0 Å². The standard InChI is InChI=1S/C10H8ClNO2/c1-6-8(5-12)2-7(3-9(6)11)4-10(13)14/h2-3H,4H2,1H3,(H,13,14). The summed E-state index contributed by atoms with van der Waals surface area (Å²) in [6.45, 7) is 1.73. The lowest BCUT2D eigenvalue weighted by atomic mass is 10.0. The molecule has 0 aliphatic carbocycles. The number of benzene rings is 1. The molecule has 0 atom stereocenters. The third-order valence-corrected chi connectivity index (χ3v) is 2.27. The molecule has 1 aromatic rings. The van der Waals surface area contributed by atoms with Crippen LogP contribution in [0.5, 0.6) is 0 Å². The first-order valence-corrected chi connectivity index (χ1v) is 4.33. The van der Waals surface area contributed by atoms with Gasteiger partial charge in [-0.15, -0.1) is 0 Å². The zero-order valence-electron chi connectivity index (χ0n) is 7.54. The zero-order valence-corrected chi connectivity index (χ0v) is 8.30. The third-order valence-electron chi connectivity index (χ3n) is 1.88. The smallest absolute Gasteiger partial charge is 0.307 e. The summed E-state index contributed by atoms with van der Waals surface area (Å²) in [5.41, 5.74) is 1.65. The number of carboxylic acid groups (broad SMARTS) is 1. The van der Waals surface area contributed by atoms with Crippen LogP contribution in [0.3, 0.4) is 0 Å². The maximum absolute atomic E-state index is 10.4. The molecule has 1 aromatic carbocycles. The Morgan fingerprint density at radius 3 is 2.79 bits per heavy atom. The van der Waals surface area contributed by atoms with Crippen LogP contribution >= 0.6 is 11.6 Å². The van der Waals surface area contributed by atoms with E-state index in [1.54, 1.807) is 19.1 Å². The second kappa shape index (κ2) is 4.12. The van der Waals surface area contributed by atoms with Crippen LogP contribution in [0.4, 0.5) is 0 Å². The molecule has 14 heavy (non-hydrogen) atoms. The molecule has 0 spiro atoms. The second-order valence-corrected chi connectivity index (χ2v) is 3.34. The fraction of sp³-hybridized carbons (Fsp3) is 0.200. The summed E-state index contributed by atoms with van der Waals surface area (Å²) in [6, 6.07) is 5.10. The van der Waals surface area contributed by atoms with Crippen LogP contribution in [-0.4, -0.2) is 11.1 Å². The van der Waals surface area contributed by atoms with Crippen molar-refractivity contribution in [3.05, 3.63) is 33.8 Å². The normalized spacial score (nSPS) is 9.50. The van der Waals surface area contributed by atoms with Gasteiger partial charge in [-0.2, -0.15) is 5.26 Å². The Labute approximate surface area is 86.5 Å². The van der Waals surface area contributed by atoms with E-state index in [1.165, 1.54) is 0 Å². The number of nitriles is 1. The molecule has 0 radical (unpaired) electrons. The van der Waals surface area contributed by atoms with E-state index in [0.717, 1.165) is 0 Å². The van der Waals surface area contributed by atoms with Gasteiger partial charge in [0.05, 0.1) is 18.1 Å². The molecule has 0 bridgehead atoms. The molecule has 0 fully saturated rings. The van der Waals surface area contributed by atoms with Crippen LogP contribution in [0.15, 0.2) is 12.1 Å². The molecule has 0 unspecified atom stereocenters. The van der Waals surface area contributed by atoms with Gasteiger partial charge in [0.25, 0.3) is 0 Å². The van der Waals surface area contributed by atoms with Crippen LogP contribution < -0.4 is 0 Å². The summed E-state index contributed by atoms with van der Waals surface area (Å²) in [7, 11) is 0. The average molecular weight is 210 g/mol. The third kappa shape index (κ3) is 2.24. The van der Waals surface area contributed by atoms with Crippen LogP contribution in [0, 0.1) is 18.3 Å². The molecule has 0 amide bonds. The van der Waals surface area contributed by atoms with Crippen molar-refractivity contribution in [3.63, 3.8) is 0 Å². The van der Waals surface area contributed by atoms with Crippen molar-refractivity contribution in [3.8, 4) is 6.07 Å². The maximum atomic E-state index is 10.4.